The van der Waals surface area contributed by atoms with Crippen LogP contribution in [0, 0.1) is 12.8 Å². The van der Waals surface area contributed by atoms with Crippen molar-refractivity contribution in [3.63, 3.8) is 0 Å². The first-order valence-electron chi connectivity index (χ1n) is 11.8. The maximum absolute atomic E-state index is 13.0. The topological polar surface area (TPSA) is 75.7 Å². The first-order chi connectivity index (χ1) is 15.8. The molecule has 2 fully saturated rings. The van der Waals surface area contributed by atoms with Gasteiger partial charge in [-0.15, -0.1) is 0 Å². The number of methoxy groups -OCH3 is 1. The summed E-state index contributed by atoms with van der Waals surface area (Å²) in [5, 5.41) is 3.23. The molecule has 0 unspecified atom stereocenters. The van der Waals surface area contributed by atoms with Gasteiger partial charge in [0.2, 0.25) is 15.9 Å². The highest BCUT2D eigenvalue weighted by molar-refractivity contribution is 7.89. The number of rotatable bonds is 7. The number of sulfonamides is 1. The first-order valence-corrected chi connectivity index (χ1v) is 13.3. The van der Waals surface area contributed by atoms with E-state index < -0.39 is 10.0 Å². The van der Waals surface area contributed by atoms with E-state index in [0.29, 0.717) is 38.2 Å². The summed E-state index contributed by atoms with van der Waals surface area (Å²) >= 11 is 0. The van der Waals surface area contributed by atoms with Gasteiger partial charge in [0.1, 0.15) is 5.75 Å². The van der Waals surface area contributed by atoms with Crippen molar-refractivity contribution in [2.45, 2.75) is 55.8 Å². The van der Waals surface area contributed by atoms with Crippen LogP contribution in [0.25, 0.3) is 0 Å². The van der Waals surface area contributed by atoms with E-state index in [4.69, 9.17) is 4.74 Å². The second-order valence-electron chi connectivity index (χ2n) is 9.43. The van der Waals surface area contributed by atoms with Gasteiger partial charge in [0.15, 0.2) is 0 Å². The third kappa shape index (κ3) is 5.09. The van der Waals surface area contributed by atoms with Gasteiger partial charge in [-0.1, -0.05) is 42.7 Å². The molecule has 0 bridgehead atoms. The highest BCUT2D eigenvalue weighted by Gasteiger charge is 2.37. The molecule has 2 aromatic rings. The van der Waals surface area contributed by atoms with E-state index in [-0.39, 0.29) is 22.1 Å². The van der Waals surface area contributed by atoms with Crippen molar-refractivity contribution in [3.05, 3.63) is 59.7 Å². The number of hydrogen-bond donors (Lipinski definition) is 1. The summed E-state index contributed by atoms with van der Waals surface area (Å²) in [7, 11) is -2.02. The van der Waals surface area contributed by atoms with Crippen LogP contribution >= 0.6 is 0 Å². The van der Waals surface area contributed by atoms with Crippen molar-refractivity contribution >= 4 is 15.9 Å². The number of benzene rings is 2. The maximum Gasteiger partial charge on any atom is 0.243 e. The minimum atomic E-state index is -3.57. The van der Waals surface area contributed by atoms with Gasteiger partial charge in [0.25, 0.3) is 0 Å². The van der Waals surface area contributed by atoms with Crippen molar-refractivity contribution in [2.24, 2.45) is 5.92 Å². The van der Waals surface area contributed by atoms with Gasteiger partial charge in [0, 0.05) is 31.0 Å². The largest absolute Gasteiger partial charge is 0.497 e. The number of carbonyl (C=O) groups excluding carboxylic acids is 1. The van der Waals surface area contributed by atoms with Gasteiger partial charge in [-0.2, -0.15) is 4.31 Å². The van der Waals surface area contributed by atoms with Gasteiger partial charge >= 0.3 is 0 Å². The highest BCUT2D eigenvalue weighted by atomic mass is 32.2. The smallest absolute Gasteiger partial charge is 0.243 e. The van der Waals surface area contributed by atoms with Gasteiger partial charge in [-0.3, -0.25) is 4.79 Å². The normalized spacial score (nSPS) is 19.3. The quantitative estimate of drug-likeness (QED) is 0.663. The lowest BCUT2D eigenvalue weighted by molar-refractivity contribution is -0.126. The SMILES string of the molecule is COc1ccc(S(=O)(=O)N2CCC(C(=O)NCC3(c4cccc(C)c4)CCCC3)CC2)cc1. The van der Waals surface area contributed by atoms with Crippen molar-refractivity contribution in [2.75, 3.05) is 26.7 Å². The van der Waals surface area contributed by atoms with E-state index >= 15 is 0 Å². The number of nitrogens with one attached hydrogen (secondary N) is 1. The summed E-state index contributed by atoms with van der Waals surface area (Å²) in [4.78, 5) is 13.3. The number of amides is 1. The lowest BCUT2D eigenvalue weighted by atomic mass is 9.78. The number of hydrogen-bond acceptors (Lipinski definition) is 4. The van der Waals surface area contributed by atoms with Crippen LogP contribution in [0.2, 0.25) is 0 Å². The minimum Gasteiger partial charge on any atom is -0.497 e. The summed E-state index contributed by atoms with van der Waals surface area (Å²) in [6, 6.07) is 15.1. The van der Waals surface area contributed by atoms with Gasteiger partial charge in [0.05, 0.1) is 12.0 Å². The molecule has 1 saturated heterocycles. The Labute approximate surface area is 197 Å². The van der Waals surface area contributed by atoms with Crippen LogP contribution in [0.5, 0.6) is 5.75 Å². The van der Waals surface area contributed by atoms with E-state index in [1.54, 1.807) is 31.4 Å². The molecule has 1 saturated carbocycles. The zero-order valence-electron chi connectivity index (χ0n) is 19.5. The van der Waals surface area contributed by atoms with E-state index in [2.05, 4.69) is 36.5 Å². The molecule has 0 atom stereocenters. The fraction of sp³-hybridized carbons (Fsp3) is 0.500. The minimum absolute atomic E-state index is 0.0140. The molecule has 0 radical (unpaired) electrons. The Balaban J connectivity index is 1.35. The molecule has 2 aliphatic rings. The van der Waals surface area contributed by atoms with Crippen LogP contribution in [-0.4, -0.2) is 45.4 Å². The molecule has 178 valence electrons. The van der Waals surface area contributed by atoms with Crippen LogP contribution in [0.3, 0.4) is 0 Å². The van der Waals surface area contributed by atoms with Crippen LogP contribution in [0.15, 0.2) is 53.4 Å². The van der Waals surface area contributed by atoms with Crippen molar-refractivity contribution in [1.29, 1.82) is 0 Å². The molecule has 0 spiro atoms. The fourth-order valence-electron chi connectivity index (χ4n) is 5.25. The average Bonchev–Trinajstić information content (AvgIpc) is 3.33. The Morgan fingerprint density at radius 2 is 1.76 bits per heavy atom. The van der Waals surface area contributed by atoms with E-state index in [1.165, 1.54) is 28.3 Å². The molecule has 6 nitrogen and oxygen atoms in total. The highest BCUT2D eigenvalue weighted by Crippen LogP contribution is 2.41. The molecule has 4 rings (SSSR count). The van der Waals surface area contributed by atoms with Gasteiger partial charge in [-0.05, 0) is 62.4 Å². The Bertz CT molecular complexity index is 1070. The summed E-state index contributed by atoms with van der Waals surface area (Å²) < 4.78 is 32.6. The maximum atomic E-state index is 13.0. The predicted octanol–water partition coefficient (Wildman–Crippen LogP) is 4.03. The number of piperidine rings is 1. The molecule has 1 amide bonds. The number of aryl methyl sites for hydroxylation is 1. The standard InChI is InChI=1S/C26H34N2O4S/c1-20-6-5-7-22(18-20)26(14-3-4-15-26)19-27-25(29)21-12-16-28(17-13-21)33(30,31)24-10-8-23(32-2)9-11-24/h5-11,18,21H,3-4,12-17,19H2,1-2H3,(H,27,29). The summed E-state index contributed by atoms with van der Waals surface area (Å²) in [5.74, 6) is 0.522. The van der Waals surface area contributed by atoms with Crippen LogP contribution in [0.1, 0.15) is 49.7 Å². The van der Waals surface area contributed by atoms with Gasteiger partial charge < -0.3 is 10.1 Å². The zero-order valence-corrected chi connectivity index (χ0v) is 20.4. The van der Waals surface area contributed by atoms with Crippen LogP contribution < -0.4 is 10.1 Å². The molecule has 1 heterocycles. The Hall–Kier alpha value is -2.38. The summed E-state index contributed by atoms with van der Waals surface area (Å²) in [5.41, 5.74) is 2.58. The lowest BCUT2D eigenvalue weighted by Gasteiger charge is -2.33. The average molecular weight is 471 g/mol. The van der Waals surface area contributed by atoms with E-state index in [9.17, 15) is 13.2 Å². The molecule has 1 aliphatic carbocycles. The Morgan fingerprint density at radius 1 is 1.09 bits per heavy atom. The van der Waals surface area contributed by atoms with Crippen molar-refractivity contribution < 1.29 is 17.9 Å². The third-order valence-electron chi connectivity index (χ3n) is 7.31. The summed E-state index contributed by atoms with van der Waals surface area (Å²) in [6.07, 6.45) is 5.64. The molecular weight excluding hydrogens is 436 g/mol. The molecular formula is C26H34N2O4S. The van der Waals surface area contributed by atoms with Crippen molar-refractivity contribution in [3.8, 4) is 5.75 Å². The molecule has 1 aliphatic heterocycles. The molecule has 7 heteroatoms. The number of nitrogens with zero attached hydrogens (tertiary/aromatic N) is 1. The fourth-order valence-corrected chi connectivity index (χ4v) is 6.72. The molecule has 1 N–H and O–H groups in total. The number of ether oxygens (including phenoxy) is 1. The predicted molar refractivity (Wildman–Crippen MR) is 129 cm³/mol. The Morgan fingerprint density at radius 3 is 2.36 bits per heavy atom. The lowest BCUT2D eigenvalue weighted by Crippen LogP contribution is -2.45. The second-order valence-corrected chi connectivity index (χ2v) is 11.4. The monoisotopic (exact) mass is 470 g/mol. The molecule has 2 aromatic carbocycles. The second kappa shape index (κ2) is 9.85. The van der Waals surface area contributed by atoms with E-state index in [0.717, 1.165) is 12.8 Å². The van der Waals surface area contributed by atoms with Crippen molar-refractivity contribution in [1.82, 2.24) is 9.62 Å². The first kappa shape index (κ1) is 23.8. The van der Waals surface area contributed by atoms with Crippen LogP contribution in [0.4, 0.5) is 0 Å². The number of carbonyl (C=O) groups is 1. The van der Waals surface area contributed by atoms with Gasteiger partial charge in [-0.25, -0.2) is 8.42 Å². The van der Waals surface area contributed by atoms with E-state index in [1.807, 2.05) is 0 Å². The molecule has 0 aromatic heterocycles. The third-order valence-corrected chi connectivity index (χ3v) is 9.23. The molecule has 33 heavy (non-hydrogen) atoms. The Kier molecular flexibility index (Phi) is 7.10. The summed E-state index contributed by atoms with van der Waals surface area (Å²) in [6.45, 7) is 3.48. The van der Waals surface area contributed by atoms with Crippen LogP contribution in [-0.2, 0) is 20.2 Å². The zero-order chi connectivity index (χ0) is 23.5.